The Morgan fingerprint density at radius 1 is 0.479 bits per heavy atom. The van der Waals surface area contributed by atoms with E-state index in [0.29, 0.717) is 6.42 Å². The van der Waals surface area contributed by atoms with Crippen LogP contribution in [0.3, 0.4) is 0 Å². The maximum Gasteiger partial charge on any atom is 0.220 e. The summed E-state index contributed by atoms with van der Waals surface area (Å²) in [4.78, 5) is 13.2. The van der Waals surface area contributed by atoms with Crippen molar-refractivity contribution in [3.63, 3.8) is 0 Å². The molecule has 2 saturated heterocycles. The summed E-state index contributed by atoms with van der Waals surface area (Å²) in [6, 6.07) is -0.908. The van der Waals surface area contributed by atoms with E-state index >= 15 is 0 Å². The molecule has 0 saturated carbocycles. The molecule has 432 valence electrons. The molecule has 0 aliphatic carbocycles. The minimum Gasteiger partial charge on any atom is -0.394 e. The molecule has 12 unspecified atom stereocenters. The standard InChI is InChI=1S/C59H113NO13/c1-3-5-7-9-11-13-15-16-17-18-19-20-21-22-23-24-25-26-27-28-29-30-31-32-33-35-37-39-41-43-51(64)60-47(48(63)42-40-38-36-34-14-12-10-8-6-4-2)46-70-58-56(69)54(67)57(50(45-62)72-58)73-59-55(68)53(66)52(65)49(44-61)71-59/h40,42,47-50,52-59,61-63,65-69H,3-39,41,43-46H2,1-2H3,(H,60,64)/b42-40+. The molecule has 2 aliphatic rings. The Hall–Kier alpha value is -1.27. The van der Waals surface area contributed by atoms with Gasteiger partial charge in [-0.25, -0.2) is 0 Å². The fourth-order valence-electron chi connectivity index (χ4n) is 10.3. The average molecular weight is 1040 g/mol. The van der Waals surface area contributed by atoms with Crippen molar-refractivity contribution in [2.75, 3.05) is 19.8 Å². The van der Waals surface area contributed by atoms with Gasteiger partial charge in [0.1, 0.15) is 48.8 Å². The predicted molar refractivity (Wildman–Crippen MR) is 291 cm³/mol. The fourth-order valence-corrected chi connectivity index (χ4v) is 10.3. The van der Waals surface area contributed by atoms with E-state index in [1.54, 1.807) is 6.08 Å². The van der Waals surface area contributed by atoms with Crippen LogP contribution in [0.4, 0.5) is 0 Å². The highest BCUT2D eigenvalue weighted by atomic mass is 16.7. The molecule has 2 fully saturated rings. The van der Waals surface area contributed by atoms with Gasteiger partial charge in [0.15, 0.2) is 12.6 Å². The molecule has 0 spiro atoms. The number of nitrogens with one attached hydrogen (secondary N) is 1. The van der Waals surface area contributed by atoms with Gasteiger partial charge in [0.25, 0.3) is 0 Å². The van der Waals surface area contributed by atoms with Crippen molar-refractivity contribution in [2.24, 2.45) is 0 Å². The Morgan fingerprint density at radius 3 is 1.26 bits per heavy atom. The monoisotopic (exact) mass is 1040 g/mol. The summed E-state index contributed by atoms with van der Waals surface area (Å²) in [5.74, 6) is -0.236. The average Bonchev–Trinajstić information content (AvgIpc) is 3.39. The van der Waals surface area contributed by atoms with Gasteiger partial charge < -0.3 is 65.1 Å². The molecule has 0 aromatic carbocycles. The van der Waals surface area contributed by atoms with Crippen LogP contribution in [-0.2, 0) is 23.7 Å². The van der Waals surface area contributed by atoms with E-state index in [9.17, 15) is 45.6 Å². The molecule has 9 N–H and O–H groups in total. The minimum absolute atomic E-state index is 0.236. The van der Waals surface area contributed by atoms with Crippen molar-refractivity contribution in [1.82, 2.24) is 5.32 Å². The zero-order valence-electron chi connectivity index (χ0n) is 46.4. The number of aliphatic hydroxyl groups excluding tert-OH is 8. The maximum atomic E-state index is 13.2. The normalized spacial score (nSPS) is 25.4. The molecule has 0 bridgehead atoms. The first kappa shape index (κ1) is 67.8. The van der Waals surface area contributed by atoms with Crippen LogP contribution in [0.15, 0.2) is 12.2 Å². The van der Waals surface area contributed by atoms with Gasteiger partial charge in [0.2, 0.25) is 5.91 Å². The summed E-state index contributed by atoms with van der Waals surface area (Å²) in [7, 11) is 0. The molecule has 73 heavy (non-hydrogen) atoms. The van der Waals surface area contributed by atoms with Crippen molar-refractivity contribution in [1.29, 1.82) is 0 Å². The van der Waals surface area contributed by atoms with Crippen LogP contribution in [0.1, 0.15) is 264 Å². The second kappa shape index (κ2) is 45.7. The topological polar surface area (TPSA) is 228 Å². The molecule has 0 radical (unpaired) electrons. The molecule has 14 nitrogen and oxygen atoms in total. The van der Waals surface area contributed by atoms with Gasteiger partial charge in [-0.3, -0.25) is 4.79 Å². The molecule has 2 rings (SSSR count). The minimum atomic E-state index is -1.78. The van der Waals surface area contributed by atoms with Crippen molar-refractivity contribution in [3.05, 3.63) is 12.2 Å². The van der Waals surface area contributed by atoms with E-state index < -0.39 is 86.8 Å². The summed E-state index contributed by atoms with van der Waals surface area (Å²) in [6.45, 7) is 2.79. The van der Waals surface area contributed by atoms with Gasteiger partial charge in [0, 0.05) is 6.42 Å². The Balaban J connectivity index is 1.63. The van der Waals surface area contributed by atoms with E-state index in [0.717, 1.165) is 38.5 Å². The smallest absolute Gasteiger partial charge is 0.220 e. The highest BCUT2D eigenvalue weighted by molar-refractivity contribution is 5.76. The van der Waals surface area contributed by atoms with Gasteiger partial charge in [-0.15, -0.1) is 0 Å². The summed E-state index contributed by atoms with van der Waals surface area (Å²) in [6.07, 6.45) is 35.7. The molecule has 0 aromatic rings. The third-order valence-electron chi connectivity index (χ3n) is 15.2. The first-order valence-electron chi connectivity index (χ1n) is 30.4. The van der Waals surface area contributed by atoms with E-state index in [4.69, 9.17) is 18.9 Å². The van der Waals surface area contributed by atoms with E-state index in [-0.39, 0.29) is 18.9 Å². The Bertz CT molecular complexity index is 1280. The lowest BCUT2D eigenvalue weighted by Crippen LogP contribution is -2.65. The Morgan fingerprint density at radius 2 is 0.849 bits per heavy atom. The van der Waals surface area contributed by atoms with Gasteiger partial charge in [0.05, 0.1) is 32.0 Å². The van der Waals surface area contributed by atoms with E-state index in [1.165, 1.54) is 199 Å². The maximum absolute atomic E-state index is 13.2. The molecule has 14 heteroatoms. The SMILES string of the molecule is CCCCCCCCCC/C=C/C(O)C(COC1OC(CO)C(OC2OC(CO)C(O)C(O)C2O)C(O)C1O)NC(=O)CCCCCCCCCCCCCCCCCCCCCCCCCCCCCCC. The number of carbonyl (C=O) groups is 1. The number of amides is 1. The van der Waals surface area contributed by atoms with Crippen LogP contribution >= 0.6 is 0 Å². The van der Waals surface area contributed by atoms with Crippen LogP contribution in [-0.4, -0.2) is 140 Å². The van der Waals surface area contributed by atoms with Crippen LogP contribution < -0.4 is 5.32 Å². The molecule has 1 amide bonds. The number of hydrogen-bond donors (Lipinski definition) is 9. The summed E-state index contributed by atoms with van der Waals surface area (Å²) in [5, 5.41) is 86.8. The second-order valence-electron chi connectivity index (χ2n) is 21.8. The van der Waals surface area contributed by atoms with Crippen LogP contribution in [0.25, 0.3) is 0 Å². The largest absolute Gasteiger partial charge is 0.394 e. The van der Waals surface area contributed by atoms with Crippen LogP contribution in [0, 0.1) is 0 Å². The third kappa shape index (κ3) is 31.7. The lowest BCUT2D eigenvalue weighted by atomic mass is 9.97. The zero-order chi connectivity index (χ0) is 53.2. The number of unbranched alkanes of at least 4 members (excludes halogenated alkanes) is 36. The Kier molecular flexibility index (Phi) is 42.5. The predicted octanol–water partition coefficient (Wildman–Crippen LogP) is 10.3. The van der Waals surface area contributed by atoms with Crippen molar-refractivity contribution in [2.45, 2.75) is 338 Å². The second-order valence-corrected chi connectivity index (χ2v) is 21.8. The quantitative estimate of drug-likeness (QED) is 0.0204. The summed E-state index contributed by atoms with van der Waals surface area (Å²) in [5.41, 5.74) is 0. The fraction of sp³-hybridized carbons (Fsp3) is 0.949. The van der Waals surface area contributed by atoms with Crippen LogP contribution in [0.2, 0.25) is 0 Å². The lowest BCUT2D eigenvalue weighted by molar-refractivity contribution is -0.359. The molecule has 2 heterocycles. The number of aliphatic hydroxyl groups is 8. The van der Waals surface area contributed by atoms with Crippen molar-refractivity contribution in [3.8, 4) is 0 Å². The summed E-state index contributed by atoms with van der Waals surface area (Å²) < 4.78 is 22.7. The van der Waals surface area contributed by atoms with Gasteiger partial charge >= 0.3 is 0 Å². The van der Waals surface area contributed by atoms with Crippen molar-refractivity contribution < 1.29 is 64.6 Å². The number of hydrogen-bond acceptors (Lipinski definition) is 13. The first-order valence-corrected chi connectivity index (χ1v) is 30.4. The molecule has 2 aliphatic heterocycles. The number of ether oxygens (including phenoxy) is 4. The van der Waals surface area contributed by atoms with Gasteiger partial charge in [-0.2, -0.15) is 0 Å². The molecular formula is C59H113NO13. The third-order valence-corrected chi connectivity index (χ3v) is 15.2. The van der Waals surface area contributed by atoms with Gasteiger partial charge in [-0.05, 0) is 19.3 Å². The van der Waals surface area contributed by atoms with Gasteiger partial charge in [-0.1, -0.05) is 251 Å². The zero-order valence-corrected chi connectivity index (χ0v) is 46.4. The first-order chi connectivity index (χ1) is 35.6. The molecule has 12 atom stereocenters. The highest BCUT2D eigenvalue weighted by Crippen LogP contribution is 2.30. The number of rotatable bonds is 49. The highest BCUT2D eigenvalue weighted by Gasteiger charge is 2.51. The van der Waals surface area contributed by atoms with E-state index in [1.807, 2.05) is 6.08 Å². The molecule has 0 aromatic heterocycles. The number of allylic oxidation sites excluding steroid dienone is 1. The lowest BCUT2D eigenvalue weighted by Gasteiger charge is -2.46. The summed E-state index contributed by atoms with van der Waals surface area (Å²) >= 11 is 0. The van der Waals surface area contributed by atoms with Crippen molar-refractivity contribution >= 4 is 5.91 Å². The Labute approximate surface area is 444 Å². The number of carbonyl (C=O) groups excluding carboxylic acids is 1. The molecular weight excluding hydrogens is 931 g/mol. The van der Waals surface area contributed by atoms with E-state index in [2.05, 4.69) is 19.2 Å². The van der Waals surface area contributed by atoms with Crippen LogP contribution in [0.5, 0.6) is 0 Å².